The van der Waals surface area contributed by atoms with Crippen molar-refractivity contribution < 1.29 is 13.2 Å². The van der Waals surface area contributed by atoms with Crippen LogP contribution >= 0.6 is 0 Å². The highest BCUT2D eigenvalue weighted by molar-refractivity contribution is 7.89. The summed E-state index contributed by atoms with van der Waals surface area (Å²) in [6.07, 6.45) is 2.69. The van der Waals surface area contributed by atoms with Crippen LogP contribution in [0.1, 0.15) is 25.7 Å². The predicted molar refractivity (Wildman–Crippen MR) is 68.4 cm³/mol. The highest BCUT2D eigenvalue weighted by Crippen LogP contribution is 2.19. The Balaban J connectivity index is 2.20. The van der Waals surface area contributed by atoms with E-state index >= 15 is 0 Å². The van der Waals surface area contributed by atoms with E-state index < -0.39 is 10.0 Å². The van der Waals surface area contributed by atoms with Gasteiger partial charge in [0.2, 0.25) is 10.0 Å². The number of aliphatic imine (C=N–C) groups is 1. The van der Waals surface area contributed by atoms with Crippen LogP contribution in [-0.4, -0.2) is 19.9 Å². The van der Waals surface area contributed by atoms with Crippen LogP contribution in [0.2, 0.25) is 0 Å². The van der Waals surface area contributed by atoms with E-state index in [-0.39, 0.29) is 10.7 Å². The highest BCUT2D eigenvalue weighted by Gasteiger charge is 2.14. The maximum absolute atomic E-state index is 11.3. The molecule has 18 heavy (non-hydrogen) atoms. The van der Waals surface area contributed by atoms with Gasteiger partial charge < -0.3 is 0 Å². The summed E-state index contributed by atoms with van der Waals surface area (Å²) in [5, 5.41) is 5.00. The standard InChI is InChI=1S/C12H14N2O3S/c13-18(16,17)12-6-4-9(5-7-12)14-10-2-1-3-11(15)8-10/h4-7H,1-3,8H2,(H2,13,16,17). The molecular formula is C12H14N2O3S. The molecule has 0 saturated heterocycles. The Hall–Kier alpha value is -1.53. The van der Waals surface area contributed by atoms with Crippen LogP contribution in [-0.2, 0) is 14.8 Å². The quantitative estimate of drug-likeness (QED) is 0.880. The third-order valence-electron chi connectivity index (χ3n) is 2.77. The Morgan fingerprint density at radius 2 is 1.78 bits per heavy atom. The van der Waals surface area contributed by atoms with Gasteiger partial charge in [-0.05, 0) is 37.1 Å². The largest absolute Gasteiger partial charge is 0.299 e. The van der Waals surface area contributed by atoms with Gasteiger partial charge in [0.05, 0.1) is 10.6 Å². The minimum atomic E-state index is -3.66. The zero-order valence-electron chi connectivity index (χ0n) is 9.80. The van der Waals surface area contributed by atoms with Gasteiger partial charge in [-0.2, -0.15) is 0 Å². The third-order valence-corrected chi connectivity index (χ3v) is 3.70. The monoisotopic (exact) mass is 266 g/mol. The van der Waals surface area contributed by atoms with Crippen LogP contribution < -0.4 is 5.14 Å². The van der Waals surface area contributed by atoms with Gasteiger partial charge in [0, 0.05) is 18.6 Å². The van der Waals surface area contributed by atoms with Crippen LogP contribution in [0.15, 0.2) is 34.2 Å². The Bertz CT molecular complexity index is 588. The van der Waals surface area contributed by atoms with Crippen molar-refractivity contribution in [3.63, 3.8) is 0 Å². The van der Waals surface area contributed by atoms with E-state index in [0.717, 1.165) is 18.6 Å². The maximum atomic E-state index is 11.3. The summed E-state index contributed by atoms with van der Waals surface area (Å²) in [5.74, 6) is 0.209. The van der Waals surface area contributed by atoms with Crippen molar-refractivity contribution in [1.82, 2.24) is 0 Å². The molecule has 0 aromatic heterocycles. The smallest absolute Gasteiger partial charge is 0.238 e. The van der Waals surface area contributed by atoms with Gasteiger partial charge in [-0.3, -0.25) is 9.79 Å². The summed E-state index contributed by atoms with van der Waals surface area (Å²) < 4.78 is 22.1. The number of sulfonamides is 1. The molecule has 96 valence electrons. The minimum absolute atomic E-state index is 0.0613. The summed E-state index contributed by atoms with van der Waals surface area (Å²) >= 11 is 0. The van der Waals surface area contributed by atoms with Crippen molar-refractivity contribution in [3.05, 3.63) is 24.3 Å². The van der Waals surface area contributed by atoms with E-state index in [1.54, 1.807) is 12.1 Å². The average Bonchev–Trinajstić information content (AvgIpc) is 2.28. The molecule has 2 rings (SSSR count). The zero-order chi connectivity index (χ0) is 13.2. The Morgan fingerprint density at radius 3 is 2.33 bits per heavy atom. The number of rotatable bonds is 2. The van der Waals surface area contributed by atoms with E-state index in [1.165, 1.54) is 12.1 Å². The molecule has 1 aromatic rings. The van der Waals surface area contributed by atoms with Crippen molar-refractivity contribution in [2.24, 2.45) is 10.1 Å². The first kappa shape index (κ1) is 12.9. The summed E-state index contributed by atoms with van der Waals surface area (Å²) in [6, 6.07) is 6.01. The number of hydrogen-bond donors (Lipinski definition) is 1. The van der Waals surface area contributed by atoms with Gasteiger partial charge in [-0.25, -0.2) is 13.6 Å². The Labute approximate surface area is 106 Å². The highest BCUT2D eigenvalue weighted by atomic mass is 32.2. The molecule has 1 aromatic carbocycles. The second-order valence-corrected chi connectivity index (χ2v) is 5.85. The van der Waals surface area contributed by atoms with Crippen molar-refractivity contribution in [1.29, 1.82) is 0 Å². The topological polar surface area (TPSA) is 89.6 Å². The lowest BCUT2D eigenvalue weighted by Crippen LogP contribution is -2.14. The van der Waals surface area contributed by atoms with Crippen molar-refractivity contribution in [2.75, 3.05) is 0 Å². The number of nitrogens with two attached hydrogens (primary N) is 1. The van der Waals surface area contributed by atoms with Crippen LogP contribution in [0.25, 0.3) is 0 Å². The SMILES string of the molecule is NS(=O)(=O)c1ccc(N=C2CCCC(=O)C2)cc1. The molecule has 0 aliphatic heterocycles. The number of nitrogens with zero attached hydrogens (tertiary/aromatic N) is 1. The minimum Gasteiger partial charge on any atom is -0.299 e. The van der Waals surface area contributed by atoms with Crippen LogP contribution in [0.5, 0.6) is 0 Å². The third kappa shape index (κ3) is 3.24. The molecule has 0 atom stereocenters. The fraction of sp³-hybridized carbons (Fsp3) is 0.333. The van der Waals surface area contributed by atoms with Gasteiger partial charge in [0.25, 0.3) is 0 Å². The van der Waals surface area contributed by atoms with Gasteiger partial charge in [-0.15, -0.1) is 0 Å². The summed E-state index contributed by atoms with van der Waals surface area (Å²) in [4.78, 5) is 15.7. The fourth-order valence-corrected chi connectivity index (χ4v) is 2.40. The molecule has 0 amide bonds. The van der Waals surface area contributed by atoms with Crippen molar-refractivity contribution in [2.45, 2.75) is 30.6 Å². The van der Waals surface area contributed by atoms with Crippen molar-refractivity contribution >= 4 is 27.2 Å². The molecule has 0 unspecified atom stereocenters. The van der Waals surface area contributed by atoms with Crippen LogP contribution in [0.4, 0.5) is 5.69 Å². The summed E-state index contributed by atoms with van der Waals surface area (Å²) in [7, 11) is -3.66. The van der Waals surface area contributed by atoms with E-state index in [9.17, 15) is 13.2 Å². The lowest BCUT2D eigenvalue weighted by atomic mass is 9.97. The van der Waals surface area contributed by atoms with E-state index in [2.05, 4.69) is 4.99 Å². The summed E-state index contributed by atoms with van der Waals surface area (Å²) in [5.41, 5.74) is 1.50. The van der Waals surface area contributed by atoms with Gasteiger partial charge >= 0.3 is 0 Å². The van der Waals surface area contributed by atoms with E-state index in [0.29, 0.717) is 18.5 Å². The van der Waals surface area contributed by atoms with Gasteiger partial charge in [-0.1, -0.05) is 0 Å². The number of primary sulfonamides is 1. The predicted octanol–water partition coefficient (Wildman–Crippen LogP) is 1.55. The Morgan fingerprint density at radius 1 is 1.11 bits per heavy atom. The normalized spacial score (nSPS) is 19.2. The molecule has 1 saturated carbocycles. The second kappa shape index (κ2) is 4.99. The lowest BCUT2D eigenvalue weighted by molar-refractivity contribution is -0.118. The van der Waals surface area contributed by atoms with Crippen molar-refractivity contribution in [3.8, 4) is 0 Å². The number of carbonyl (C=O) groups is 1. The fourth-order valence-electron chi connectivity index (χ4n) is 1.88. The molecular weight excluding hydrogens is 252 g/mol. The number of carbonyl (C=O) groups excluding carboxylic acids is 1. The Kier molecular flexibility index (Phi) is 3.58. The van der Waals surface area contributed by atoms with Crippen LogP contribution in [0, 0.1) is 0 Å². The first-order chi connectivity index (χ1) is 8.45. The second-order valence-electron chi connectivity index (χ2n) is 4.29. The summed E-state index contributed by atoms with van der Waals surface area (Å²) in [6.45, 7) is 0. The van der Waals surface area contributed by atoms with E-state index in [4.69, 9.17) is 5.14 Å². The molecule has 0 bridgehead atoms. The molecule has 0 spiro atoms. The average molecular weight is 266 g/mol. The molecule has 0 radical (unpaired) electrons. The number of hydrogen-bond acceptors (Lipinski definition) is 4. The molecule has 2 N–H and O–H groups in total. The van der Waals surface area contributed by atoms with E-state index in [1.807, 2.05) is 0 Å². The molecule has 1 aliphatic carbocycles. The molecule has 0 heterocycles. The number of ketones is 1. The molecule has 1 aliphatic rings. The lowest BCUT2D eigenvalue weighted by Gasteiger charge is -2.11. The first-order valence-electron chi connectivity index (χ1n) is 5.66. The van der Waals surface area contributed by atoms with Crippen LogP contribution in [0.3, 0.4) is 0 Å². The number of benzene rings is 1. The molecule has 1 fully saturated rings. The maximum Gasteiger partial charge on any atom is 0.238 e. The first-order valence-corrected chi connectivity index (χ1v) is 7.21. The molecule has 5 nitrogen and oxygen atoms in total. The zero-order valence-corrected chi connectivity index (χ0v) is 10.6. The van der Waals surface area contributed by atoms with Gasteiger partial charge in [0.1, 0.15) is 5.78 Å². The van der Waals surface area contributed by atoms with Gasteiger partial charge in [0.15, 0.2) is 0 Å². The number of Topliss-reactive ketones (excluding diaryl/α,β-unsaturated/α-hetero) is 1. The molecule has 6 heteroatoms.